The second kappa shape index (κ2) is 5.81. The van der Waals surface area contributed by atoms with Crippen molar-refractivity contribution in [2.45, 2.75) is 19.8 Å². The van der Waals surface area contributed by atoms with Crippen molar-refractivity contribution in [1.29, 1.82) is 0 Å². The number of nitrogens with zero attached hydrogens (tertiary/aromatic N) is 2. The molecule has 1 saturated heterocycles. The first kappa shape index (κ1) is 14.2. The number of carbonyl (C=O) groups is 2. The number of amides is 1. The number of carbonyl (C=O) groups excluding carboxylic acids is 2. The van der Waals surface area contributed by atoms with Gasteiger partial charge in [0.2, 0.25) is 0 Å². The number of non-ortho nitro benzene ring substituents is 1. The van der Waals surface area contributed by atoms with Gasteiger partial charge in [-0.25, -0.2) is 0 Å². The maximum absolute atomic E-state index is 12.3. The molecule has 0 aliphatic carbocycles. The van der Waals surface area contributed by atoms with E-state index in [1.54, 1.807) is 4.90 Å². The summed E-state index contributed by atoms with van der Waals surface area (Å²) in [4.78, 5) is 35.7. The maximum atomic E-state index is 12.3. The second-order valence-corrected chi connectivity index (χ2v) is 4.88. The lowest BCUT2D eigenvalue weighted by atomic mass is 9.93. The van der Waals surface area contributed by atoms with Gasteiger partial charge in [0.25, 0.3) is 11.6 Å². The van der Waals surface area contributed by atoms with Crippen molar-refractivity contribution in [3.05, 3.63) is 39.9 Å². The van der Waals surface area contributed by atoms with Crippen LogP contribution in [0.4, 0.5) is 5.69 Å². The molecule has 0 radical (unpaired) electrons. The summed E-state index contributed by atoms with van der Waals surface area (Å²) in [5.41, 5.74) is 0.376. The van der Waals surface area contributed by atoms with Crippen molar-refractivity contribution in [3.8, 4) is 0 Å². The Bertz CT molecular complexity index is 539. The van der Waals surface area contributed by atoms with Gasteiger partial charge in [0.15, 0.2) is 0 Å². The zero-order valence-electron chi connectivity index (χ0n) is 11.2. The van der Waals surface area contributed by atoms with Crippen molar-refractivity contribution < 1.29 is 14.5 Å². The molecule has 0 aromatic heterocycles. The number of Topliss-reactive ketones (excluding diaryl/α,β-unsaturated/α-hetero) is 1. The molecule has 0 saturated carbocycles. The van der Waals surface area contributed by atoms with Crippen LogP contribution in [-0.4, -0.2) is 34.6 Å². The van der Waals surface area contributed by atoms with E-state index in [1.807, 2.05) is 6.92 Å². The third-order valence-corrected chi connectivity index (χ3v) is 3.63. The first-order valence-electron chi connectivity index (χ1n) is 6.59. The number of nitro groups is 1. The summed E-state index contributed by atoms with van der Waals surface area (Å²) in [7, 11) is 0. The van der Waals surface area contributed by atoms with Crippen molar-refractivity contribution in [2.75, 3.05) is 13.1 Å². The van der Waals surface area contributed by atoms with Gasteiger partial charge in [0, 0.05) is 43.1 Å². The average Bonchev–Trinajstić information content (AvgIpc) is 2.47. The number of hydrogen-bond acceptors (Lipinski definition) is 4. The lowest BCUT2D eigenvalue weighted by Gasteiger charge is -2.31. The Balaban J connectivity index is 2.11. The van der Waals surface area contributed by atoms with Crippen LogP contribution in [-0.2, 0) is 4.79 Å². The Morgan fingerprint density at radius 1 is 1.40 bits per heavy atom. The largest absolute Gasteiger partial charge is 0.337 e. The lowest BCUT2D eigenvalue weighted by molar-refractivity contribution is -0.384. The predicted octanol–water partition coefficient (Wildman–Crippen LogP) is 2.04. The van der Waals surface area contributed by atoms with E-state index in [0.717, 1.165) is 6.42 Å². The van der Waals surface area contributed by atoms with Gasteiger partial charge in [0.1, 0.15) is 5.78 Å². The van der Waals surface area contributed by atoms with Gasteiger partial charge in [-0.05, 0) is 18.6 Å². The van der Waals surface area contributed by atoms with E-state index in [1.165, 1.54) is 24.3 Å². The molecule has 2 rings (SSSR count). The highest BCUT2D eigenvalue weighted by atomic mass is 16.6. The summed E-state index contributed by atoms with van der Waals surface area (Å²) in [6.45, 7) is 2.79. The molecule has 1 atom stereocenters. The SMILES string of the molecule is CCC1CN(C(=O)c2ccc([N+](=O)[O-])cc2)CCC1=O. The molecule has 1 unspecified atom stereocenters. The maximum Gasteiger partial charge on any atom is 0.269 e. The van der Waals surface area contributed by atoms with Crippen LogP contribution in [0.3, 0.4) is 0 Å². The molecule has 0 spiro atoms. The Kier molecular flexibility index (Phi) is 4.12. The molecule has 0 bridgehead atoms. The molecule has 1 fully saturated rings. The highest BCUT2D eigenvalue weighted by Crippen LogP contribution is 2.19. The molecule has 1 aliphatic rings. The molecule has 1 aromatic rings. The molecule has 0 N–H and O–H groups in total. The van der Waals surface area contributed by atoms with E-state index in [9.17, 15) is 19.7 Å². The van der Waals surface area contributed by atoms with Gasteiger partial charge in [0.05, 0.1) is 4.92 Å². The Morgan fingerprint density at radius 3 is 2.60 bits per heavy atom. The minimum absolute atomic E-state index is 0.0400. The van der Waals surface area contributed by atoms with E-state index in [4.69, 9.17) is 0 Å². The third-order valence-electron chi connectivity index (χ3n) is 3.63. The second-order valence-electron chi connectivity index (χ2n) is 4.88. The molecule has 1 aliphatic heterocycles. The molecule has 6 heteroatoms. The normalized spacial score (nSPS) is 18.9. The smallest absolute Gasteiger partial charge is 0.269 e. The number of piperidine rings is 1. The number of rotatable bonds is 3. The van der Waals surface area contributed by atoms with E-state index >= 15 is 0 Å². The molecule has 106 valence electrons. The molecular formula is C14H16N2O4. The van der Waals surface area contributed by atoms with Gasteiger partial charge < -0.3 is 4.90 Å². The van der Waals surface area contributed by atoms with E-state index < -0.39 is 4.92 Å². The topological polar surface area (TPSA) is 80.5 Å². The predicted molar refractivity (Wildman–Crippen MR) is 72.4 cm³/mol. The van der Waals surface area contributed by atoms with E-state index in [0.29, 0.717) is 25.1 Å². The number of hydrogen-bond donors (Lipinski definition) is 0. The van der Waals surface area contributed by atoms with Crippen LogP contribution < -0.4 is 0 Å². The van der Waals surface area contributed by atoms with Gasteiger partial charge in [-0.1, -0.05) is 6.92 Å². The quantitative estimate of drug-likeness (QED) is 0.625. The molecule has 20 heavy (non-hydrogen) atoms. The fraction of sp³-hybridized carbons (Fsp3) is 0.429. The molecular weight excluding hydrogens is 260 g/mol. The monoisotopic (exact) mass is 276 g/mol. The number of benzene rings is 1. The molecule has 6 nitrogen and oxygen atoms in total. The molecule has 1 heterocycles. The number of nitro benzene ring substituents is 1. The highest BCUT2D eigenvalue weighted by Gasteiger charge is 2.29. The van der Waals surface area contributed by atoms with Crippen LogP contribution in [0.2, 0.25) is 0 Å². The Hall–Kier alpha value is -2.24. The first-order chi connectivity index (χ1) is 9.52. The molecule has 1 amide bonds. The van der Waals surface area contributed by atoms with Crippen LogP contribution in [0.1, 0.15) is 30.1 Å². The summed E-state index contributed by atoms with van der Waals surface area (Å²) in [5, 5.41) is 10.6. The van der Waals surface area contributed by atoms with E-state index in [2.05, 4.69) is 0 Å². The van der Waals surface area contributed by atoms with Gasteiger partial charge in [-0.3, -0.25) is 19.7 Å². The van der Waals surface area contributed by atoms with Crippen LogP contribution in [0, 0.1) is 16.0 Å². The fourth-order valence-electron chi connectivity index (χ4n) is 2.36. The Labute approximate surface area is 116 Å². The summed E-state index contributed by atoms with van der Waals surface area (Å²) >= 11 is 0. The first-order valence-corrected chi connectivity index (χ1v) is 6.59. The highest BCUT2D eigenvalue weighted by molar-refractivity contribution is 5.96. The summed E-state index contributed by atoms with van der Waals surface area (Å²) < 4.78 is 0. The van der Waals surface area contributed by atoms with Crippen molar-refractivity contribution >= 4 is 17.4 Å². The van der Waals surface area contributed by atoms with Crippen LogP contribution in [0.15, 0.2) is 24.3 Å². The minimum atomic E-state index is -0.499. The van der Waals surface area contributed by atoms with Crippen LogP contribution >= 0.6 is 0 Å². The van der Waals surface area contributed by atoms with Crippen LogP contribution in [0.25, 0.3) is 0 Å². The van der Waals surface area contributed by atoms with Gasteiger partial charge in [-0.2, -0.15) is 0 Å². The zero-order chi connectivity index (χ0) is 14.7. The van der Waals surface area contributed by atoms with Gasteiger partial charge >= 0.3 is 0 Å². The number of likely N-dealkylation sites (tertiary alicyclic amines) is 1. The van der Waals surface area contributed by atoms with Crippen LogP contribution in [0.5, 0.6) is 0 Å². The van der Waals surface area contributed by atoms with Crippen molar-refractivity contribution in [2.24, 2.45) is 5.92 Å². The summed E-state index contributed by atoms with van der Waals surface area (Å²) in [6.07, 6.45) is 1.11. The standard InChI is InChI=1S/C14H16N2O4/c1-2-10-9-15(8-7-13(10)17)14(18)11-3-5-12(6-4-11)16(19)20/h3-6,10H,2,7-9H2,1H3. The lowest BCUT2D eigenvalue weighted by Crippen LogP contribution is -2.43. The Morgan fingerprint density at radius 2 is 2.05 bits per heavy atom. The van der Waals surface area contributed by atoms with Crippen molar-refractivity contribution in [1.82, 2.24) is 4.90 Å². The van der Waals surface area contributed by atoms with E-state index in [-0.39, 0.29) is 23.3 Å². The average molecular weight is 276 g/mol. The summed E-state index contributed by atoms with van der Waals surface area (Å²) in [6, 6.07) is 5.55. The third kappa shape index (κ3) is 2.84. The van der Waals surface area contributed by atoms with Crippen molar-refractivity contribution in [3.63, 3.8) is 0 Å². The minimum Gasteiger partial charge on any atom is -0.337 e. The fourth-order valence-corrected chi connectivity index (χ4v) is 2.36. The molecule has 1 aromatic carbocycles. The van der Waals surface area contributed by atoms with Gasteiger partial charge in [-0.15, -0.1) is 0 Å². The summed E-state index contributed by atoms with van der Waals surface area (Å²) in [5.74, 6) is -0.0585. The number of ketones is 1. The zero-order valence-corrected chi connectivity index (χ0v) is 11.2.